The van der Waals surface area contributed by atoms with Crippen LogP contribution in [0, 0.1) is 10.1 Å². The molecule has 1 aliphatic carbocycles. The maximum Gasteiger partial charge on any atom is 0.269 e. The van der Waals surface area contributed by atoms with Gasteiger partial charge in [-0.2, -0.15) is 0 Å². The van der Waals surface area contributed by atoms with Gasteiger partial charge in [0.05, 0.1) is 11.0 Å². The minimum Gasteiger partial charge on any atom is -0.383 e. The van der Waals surface area contributed by atoms with E-state index < -0.39 is 10.5 Å². The van der Waals surface area contributed by atoms with Crippen LogP contribution in [-0.4, -0.2) is 21.7 Å². The highest BCUT2D eigenvalue weighted by Crippen LogP contribution is 2.26. The Balaban J connectivity index is 2.14. The molecule has 0 heterocycles. The molecule has 0 amide bonds. The molecule has 0 bridgehead atoms. The lowest BCUT2D eigenvalue weighted by atomic mass is 9.87. The second kappa shape index (κ2) is 5.24. The molecular weight excluding hydrogens is 244 g/mol. The fourth-order valence-electron chi connectivity index (χ4n) is 2.04. The minimum atomic E-state index is -0.934. The number of rotatable bonds is 4. The molecule has 19 heavy (non-hydrogen) atoms. The summed E-state index contributed by atoms with van der Waals surface area (Å²) in [6.07, 6.45) is 7.91. The van der Waals surface area contributed by atoms with Gasteiger partial charge in [0.25, 0.3) is 5.69 Å². The minimum absolute atomic E-state index is 0.0513. The van der Waals surface area contributed by atoms with E-state index in [2.05, 4.69) is 5.32 Å². The number of nitrogens with one attached hydrogen (secondary N) is 1. The van der Waals surface area contributed by atoms with Crippen molar-refractivity contribution in [1.29, 1.82) is 0 Å². The highest BCUT2D eigenvalue weighted by molar-refractivity contribution is 5.51. The van der Waals surface area contributed by atoms with Gasteiger partial charge in [-0.15, -0.1) is 0 Å². The second-order valence-corrected chi connectivity index (χ2v) is 4.51. The predicted octanol–water partition coefficient (Wildman–Crippen LogP) is 2.64. The zero-order valence-corrected chi connectivity index (χ0v) is 10.6. The number of non-ortho nitro benzene ring substituents is 1. The number of nitrogens with zero attached hydrogens (tertiary/aromatic N) is 1. The lowest BCUT2D eigenvalue weighted by molar-refractivity contribution is -0.384. The topological polar surface area (TPSA) is 75.4 Å². The third-order valence-electron chi connectivity index (χ3n) is 3.30. The van der Waals surface area contributed by atoms with E-state index in [1.165, 1.54) is 12.1 Å². The van der Waals surface area contributed by atoms with E-state index in [1.807, 2.05) is 25.2 Å². The first-order chi connectivity index (χ1) is 9.05. The molecule has 0 aliphatic heterocycles. The van der Waals surface area contributed by atoms with Crippen LogP contribution in [0.25, 0.3) is 0 Å². The van der Waals surface area contributed by atoms with Crippen molar-refractivity contribution in [2.45, 2.75) is 25.0 Å². The number of allylic oxidation sites excluding steroid dienone is 2. The lowest BCUT2D eigenvalue weighted by Crippen LogP contribution is -2.44. The molecule has 2 N–H and O–H groups in total. The molecular formula is C14H16N2O3. The molecule has 1 aromatic carbocycles. The molecule has 0 fully saturated rings. The molecule has 100 valence electrons. The van der Waals surface area contributed by atoms with Gasteiger partial charge >= 0.3 is 0 Å². The summed E-state index contributed by atoms with van der Waals surface area (Å²) >= 11 is 0. The summed E-state index contributed by atoms with van der Waals surface area (Å²) in [5.74, 6) is 0. The highest BCUT2D eigenvalue weighted by atomic mass is 16.6. The molecule has 5 nitrogen and oxygen atoms in total. The second-order valence-electron chi connectivity index (χ2n) is 4.51. The fraction of sp³-hybridized carbons (Fsp3) is 0.286. The van der Waals surface area contributed by atoms with Gasteiger partial charge in [-0.25, -0.2) is 0 Å². The zero-order chi connectivity index (χ0) is 13.9. The molecule has 0 aromatic heterocycles. The molecule has 0 saturated carbocycles. The normalized spacial score (nSPS) is 25.3. The number of benzene rings is 1. The van der Waals surface area contributed by atoms with Crippen LogP contribution in [0.1, 0.15) is 13.3 Å². The van der Waals surface area contributed by atoms with E-state index in [1.54, 1.807) is 18.2 Å². The molecule has 0 saturated heterocycles. The number of nitro groups is 1. The number of aliphatic hydroxyl groups is 1. The van der Waals surface area contributed by atoms with Crippen molar-refractivity contribution in [2.75, 3.05) is 5.32 Å². The van der Waals surface area contributed by atoms with E-state index in [4.69, 9.17) is 0 Å². The molecule has 1 aromatic rings. The first-order valence-corrected chi connectivity index (χ1v) is 6.14. The van der Waals surface area contributed by atoms with E-state index in [0.717, 1.165) is 5.69 Å². The smallest absolute Gasteiger partial charge is 0.269 e. The summed E-state index contributed by atoms with van der Waals surface area (Å²) < 4.78 is 0. The van der Waals surface area contributed by atoms with E-state index in [0.29, 0.717) is 6.42 Å². The SMILES string of the molecule is CC[C@@]1(O)C=CC=CC1Nc1ccc([N+](=O)[O-])cc1. The number of anilines is 1. The van der Waals surface area contributed by atoms with Crippen LogP contribution in [0.4, 0.5) is 11.4 Å². The van der Waals surface area contributed by atoms with Crippen LogP contribution >= 0.6 is 0 Å². The largest absolute Gasteiger partial charge is 0.383 e. The Bertz CT molecular complexity index is 522. The van der Waals surface area contributed by atoms with Gasteiger partial charge in [0.15, 0.2) is 0 Å². The van der Waals surface area contributed by atoms with Crippen LogP contribution in [0.15, 0.2) is 48.6 Å². The Kier molecular flexibility index (Phi) is 3.66. The highest BCUT2D eigenvalue weighted by Gasteiger charge is 2.32. The molecule has 2 atom stereocenters. The monoisotopic (exact) mass is 260 g/mol. The summed E-state index contributed by atoms with van der Waals surface area (Å²) in [5.41, 5.74) is -0.144. The standard InChI is InChI=1S/C14H16N2O3/c1-2-14(17)10-4-3-5-13(14)15-11-6-8-12(9-7-11)16(18)19/h3-10,13,15,17H,2H2,1H3/t13?,14-/m1/s1. The lowest BCUT2D eigenvalue weighted by Gasteiger charge is -2.34. The number of hydrogen-bond acceptors (Lipinski definition) is 4. The molecule has 0 radical (unpaired) electrons. The van der Waals surface area contributed by atoms with Crippen LogP contribution < -0.4 is 5.32 Å². The Morgan fingerprint density at radius 2 is 2.05 bits per heavy atom. The van der Waals surface area contributed by atoms with Gasteiger partial charge < -0.3 is 10.4 Å². The third-order valence-corrected chi connectivity index (χ3v) is 3.30. The first kappa shape index (κ1) is 13.3. The van der Waals surface area contributed by atoms with Crippen LogP contribution in [0.5, 0.6) is 0 Å². The molecule has 1 unspecified atom stereocenters. The van der Waals surface area contributed by atoms with Gasteiger partial charge in [-0.1, -0.05) is 31.2 Å². The van der Waals surface area contributed by atoms with Crippen LogP contribution in [-0.2, 0) is 0 Å². The summed E-state index contributed by atoms with van der Waals surface area (Å²) in [7, 11) is 0. The van der Waals surface area contributed by atoms with E-state index in [9.17, 15) is 15.2 Å². The van der Waals surface area contributed by atoms with Crippen molar-refractivity contribution in [3.05, 3.63) is 58.7 Å². The zero-order valence-electron chi connectivity index (χ0n) is 10.6. The Morgan fingerprint density at radius 3 is 2.63 bits per heavy atom. The maximum absolute atomic E-state index is 10.6. The molecule has 1 aliphatic rings. The van der Waals surface area contributed by atoms with Crippen molar-refractivity contribution >= 4 is 11.4 Å². The first-order valence-electron chi connectivity index (χ1n) is 6.14. The van der Waals surface area contributed by atoms with Crippen molar-refractivity contribution in [3.63, 3.8) is 0 Å². The number of hydrogen-bond donors (Lipinski definition) is 2. The summed E-state index contributed by atoms with van der Waals surface area (Å²) in [5, 5.41) is 24.2. The van der Waals surface area contributed by atoms with Crippen molar-refractivity contribution in [1.82, 2.24) is 0 Å². The van der Waals surface area contributed by atoms with E-state index >= 15 is 0 Å². The van der Waals surface area contributed by atoms with Crippen molar-refractivity contribution in [2.24, 2.45) is 0 Å². The Hall–Kier alpha value is -2.14. The Morgan fingerprint density at radius 1 is 1.37 bits per heavy atom. The summed E-state index contributed by atoms with van der Waals surface area (Å²) in [4.78, 5) is 10.1. The van der Waals surface area contributed by atoms with Gasteiger partial charge in [-0.05, 0) is 18.6 Å². The molecule has 0 spiro atoms. The molecule has 2 rings (SSSR count). The maximum atomic E-state index is 10.6. The van der Waals surface area contributed by atoms with E-state index in [-0.39, 0.29) is 11.7 Å². The third kappa shape index (κ3) is 2.82. The van der Waals surface area contributed by atoms with Gasteiger partial charge in [-0.3, -0.25) is 10.1 Å². The molecule has 5 heteroatoms. The van der Waals surface area contributed by atoms with Crippen molar-refractivity contribution < 1.29 is 10.0 Å². The van der Waals surface area contributed by atoms with Crippen LogP contribution in [0.3, 0.4) is 0 Å². The van der Waals surface area contributed by atoms with Gasteiger partial charge in [0.2, 0.25) is 0 Å². The van der Waals surface area contributed by atoms with Gasteiger partial charge in [0.1, 0.15) is 5.60 Å². The fourth-order valence-corrected chi connectivity index (χ4v) is 2.04. The average Bonchev–Trinajstić information content (AvgIpc) is 2.42. The number of nitro benzene ring substituents is 1. The van der Waals surface area contributed by atoms with Crippen LogP contribution in [0.2, 0.25) is 0 Å². The van der Waals surface area contributed by atoms with Crippen molar-refractivity contribution in [3.8, 4) is 0 Å². The van der Waals surface area contributed by atoms with Gasteiger partial charge in [0, 0.05) is 17.8 Å². The quantitative estimate of drug-likeness (QED) is 0.644. The Labute approximate surface area is 111 Å². The predicted molar refractivity (Wildman–Crippen MR) is 74.0 cm³/mol. The average molecular weight is 260 g/mol. The summed E-state index contributed by atoms with van der Waals surface area (Å²) in [6.45, 7) is 1.91. The summed E-state index contributed by atoms with van der Waals surface area (Å²) in [6, 6.07) is 5.91.